The molecule has 0 bridgehead atoms. The molecule has 0 radical (unpaired) electrons. The van der Waals surface area contributed by atoms with Gasteiger partial charge in [-0.05, 0) is 62.9 Å². The topological polar surface area (TPSA) is 76.7 Å². The van der Waals surface area contributed by atoms with Crippen LogP contribution < -0.4 is 15.4 Å². The molecule has 2 amide bonds. The van der Waals surface area contributed by atoms with Gasteiger partial charge in [0.05, 0.1) is 13.7 Å². The Hall–Kier alpha value is -2.86. The Morgan fingerprint density at radius 3 is 2.42 bits per heavy atom. The van der Waals surface area contributed by atoms with Crippen molar-refractivity contribution < 1.29 is 19.1 Å². The van der Waals surface area contributed by atoms with Crippen LogP contribution >= 0.6 is 0 Å². The summed E-state index contributed by atoms with van der Waals surface area (Å²) in [5.41, 5.74) is 4.71. The summed E-state index contributed by atoms with van der Waals surface area (Å²) in [5.74, 6) is 0.360. The zero-order valence-electron chi connectivity index (χ0n) is 18.8. The number of aryl methyl sites for hydroxylation is 3. The van der Waals surface area contributed by atoms with Gasteiger partial charge >= 0.3 is 0 Å². The SMILES string of the molecule is COc1ccc(C)cc1C1(CNC(=O)CNC(=O)c2ccc(C)c(C)c2)CCOCC1. The quantitative estimate of drug-likeness (QED) is 0.716. The molecule has 2 aromatic rings. The molecule has 2 N–H and O–H groups in total. The molecule has 0 aliphatic carbocycles. The number of carbonyl (C=O) groups is 2. The summed E-state index contributed by atoms with van der Waals surface area (Å²) in [7, 11) is 1.67. The fourth-order valence-electron chi connectivity index (χ4n) is 4.02. The lowest BCUT2D eigenvalue weighted by molar-refractivity contribution is -0.120. The number of nitrogens with one attached hydrogen (secondary N) is 2. The molecule has 0 atom stereocenters. The maximum absolute atomic E-state index is 12.5. The molecule has 0 spiro atoms. The predicted octanol–water partition coefficient (Wildman–Crippen LogP) is 3.21. The van der Waals surface area contributed by atoms with Crippen LogP contribution in [0.15, 0.2) is 36.4 Å². The first-order chi connectivity index (χ1) is 14.8. The minimum Gasteiger partial charge on any atom is -0.496 e. The van der Waals surface area contributed by atoms with Gasteiger partial charge in [0.25, 0.3) is 5.91 Å². The van der Waals surface area contributed by atoms with E-state index in [-0.39, 0.29) is 23.8 Å². The molecule has 166 valence electrons. The monoisotopic (exact) mass is 424 g/mol. The second-order valence-electron chi connectivity index (χ2n) is 8.35. The fourth-order valence-corrected chi connectivity index (χ4v) is 4.02. The Morgan fingerprint density at radius 2 is 1.74 bits per heavy atom. The maximum atomic E-state index is 12.5. The Balaban J connectivity index is 1.65. The van der Waals surface area contributed by atoms with E-state index in [1.807, 2.05) is 38.1 Å². The summed E-state index contributed by atoms with van der Waals surface area (Å²) in [5, 5.41) is 5.74. The van der Waals surface area contributed by atoms with Gasteiger partial charge in [-0.1, -0.05) is 23.8 Å². The van der Waals surface area contributed by atoms with E-state index >= 15 is 0 Å². The second-order valence-corrected chi connectivity index (χ2v) is 8.35. The van der Waals surface area contributed by atoms with Crippen LogP contribution in [0, 0.1) is 20.8 Å². The molecule has 2 aromatic carbocycles. The van der Waals surface area contributed by atoms with Crippen molar-refractivity contribution in [3.8, 4) is 5.75 Å². The highest BCUT2D eigenvalue weighted by atomic mass is 16.5. The first-order valence-corrected chi connectivity index (χ1v) is 10.7. The molecule has 0 saturated carbocycles. The van der Waals surface area contributed by atoms with E-state index in [9.17, 15) is 9.59 Å². The van der Waals surface area contributed by atoms with Crippen LogP contribution in [0.25, 0.3) is 0 Å². The number of benzene rings is 2. The van der Waals surface area contributed by atoms with Crippen molar-refractivity contribution in [2.24, 2.45) is 0 Å². The summed E-state index contributed by atoms with van der Waals surface area (Å²) in [6, 6.07) is 11.7. The summed E-state index contributed by atoms with van der Waals surface area (Å²) in [6.45, 7) is 7.69. The zero-order valence-corrected chi connectivity index (χ0v) is 18.8. The third-order valence-corrected chi connectivity index (χ3v) is 6.18. The third-order valence-electron chi connectivity index (χ3n) is 6.18. The lowest BCUT2D eigenvalue weighted by Gasteiger charge is -2.38. The van der Waals surface area contributed by atoms with E-state index in [1.165, 1.54) is 0 Å². The molecule has 1 aliphatic rings. The second kappa shape index (κ2) is 9.96. The fraction of sp³-hybridized carbons (Fsp3) is 0.440. The van der Waals surface area contributed by atoms with E-state index in [1.54, 1.807) is 13.2 Å². The lowest BCUT2D eigenvalue weighted by Crippen LogP contribution is -2.47. The van der Waals surface area contributed by atoms with Crippen LogP contribution in [0.3, 0.4) is 0 Å². The van der Waals surface area contributed by atoms with Gasteiger partial charge < -0.3 is 20.1 Å². The number of hydrogen-bond donors (Lipinski definition) is 2. The Morgan fingerprint density at radius 1 is 1.00 bits per heavy atom. The van der Waals surface area contributed by atoms with Gasteiger partial charge in [0.2, 0.25) is 5.91 Å². The van der Waals surface area contributed by atoms with E-state index in [2.05, 4.69) is 23.6 Å². The molecule has 6 heteroatoms. The number of methoxy groups -OCH3 is 1. The van der Waals surface area contributed by atoms with Gasteiger partial charge in [-0.3, -0.25) is 9.59 Å². The first-order valence-electron chi connectivity index (χ1n) is 10.7. The van der Waals surface area contributed by atoms with Crippen LogP contribution in [0.2, 0.25) is 0 Å². The van der Waals surface area contributed by atoms with Gasteiger partial charge in [-0.15, -0.1) is 0 Å². The van der Waals surface area contributed by atoms with Gasteiger partial charge in [0, 0.05) is 36.3 Å². The normalized spacial score (nSPS) is 15.2. The van der Waals surface area contributed by atoms with Crippen molar-refractivity contribution in [3.63, 3.8) is 0 Å². The van der Waals surface area contributed by atoms with Crippen LogP contribution in [-0.4, -0.2) is 45.2 Å². The average molecular weight is 425 g/mol. The smallest absolute Gasteiger partial charge is 0.251 e. The summed E-state index contributed by atoms with van der Waals surface area (Å²) in [4.78, 5) is 24.9. The van der Waals surface area contributed by atoms with Crippen molar-refractivity contribution in [2.45, 2.75) is 39.0 Å². The van der Waals surface area contributed by atoms with Crippen LogP contribution in [0.1, 0.15) is 45.5 Å². The zero-order chi connectivity index (χ0) is 22.4. The average Bonchev–Trinajstić information content (AvgIpc) is 2.78. The van der Waals surface area contributed by atoms with Crippen molar-refractivity contribution in [3.05, 3.63) is 64.2 Å². The highest BCUT2D eigenvalue weighted by molar-refractivity contribution is 5.96. The van der Waals surface area contributed by atoms with E-state index in [4.69, 9.17) is 9.47 Å². The molecular weight excluding hydrogens is 392 g/mol. The van der Waals surface area contributed by atoms with Crippen molar-refractivity contribution >= 4 is 11.8 Å². The lowest BCUT2D eigenvalue weighted by atomic mass is 9.73. The molecule has 1 heterocycles. The summed E-state index contributed by atoms with van der Waals surface area (Å²) >= 11 is 0. The van der Waals surface area contributed by atoms with Gasteiger partial charge in [0.1, 0.15) is 5.75 Å². The van der Waals surface area contributed by atoms with Gasteiger partial charge in [-0.2, -0.15) is 0 Å². The number of rotatable bonds is 7. The van der Waals surface area contributed by atoms with Crippen molar-refractivity contribution in [1.82, 2.24) is 10.6 Å². The number of amides is 2. The van der Waals surface area contributed by atoms with Crippen molar-refractivity contribution in [1.29, 1.82) is 0 Å². The van der Waals surface area contributed by atoms with E-state index in [0.717, 1.165) is 40.8 Å². The minimum absolute atomic E-state index is 0.0662. The standard InChI is InChI=1S/C25H32N2O4/c1-17-5-8-22(30-4)21(13-17)25(9-11-31-12-10-25)16-27-23(28)15-26-24(29)20-7-6-18(2)19(3)14-20/h5-8,13-14H,9-12,15-16H2,1-4H3,(H,26,29)(H,27,28). The maximum Gasteiger partial charge on any atom is 0.251 e. The Bertz CT molecular complexity index is 949. The molecule has 1 saturated heterocycles. The molecule has 0 unspecified atom stereocenters. The van der Waals surface area contributed by atoms with Gasteiger partial charge in [-0.25, -0.2) is 0 Å². The summed E-state index contributed by atoms with van der Waals surface area (Å²) < 4.78 is 11.2. The number of hydrogen-bond acceptors (Lipinski definition) is 4. The molecule has 1 fully saturated rings. The van der Waals surface area contributed by atoms with Crippen LogP contribution in [0.4, 0.5) is 0 Å². The van der Waals surface area contributed by atoms with Crippen LogP contribution in [-0.2, 0) is 14.9 Å². The largest absolute Gasteiger partial charge is 0.496 e. The Labute approximate surface area is 184 Å². The Kier molecular flexibility index (Phi) is 7.33. The molecule has 0 aromatic heterocycles. The van der Waals surface area contributed by atoms with E-state index in [0.29, 0.717) is 25.3 Å². The predicted molar refractivity (Wildman–Crippen MR) is 121 cm³/mol. The van der Waals surface area contributed by atoms with Gasteiger partial charge in [0.15, 0.2) is 0 Å². The first kappa shape index (κ1) is 22.8. The molecule has 6 nitrogen and oxygen atoms in total. The highest BCUT2D eigenvalue weighted by Gasteiger charge is 2.37. The van der Waals surface area contributed by atoms with E-state index < -0.39 is 0 Å². The number of carbonyl (C=O) groups excluding carboxylic acids is 2. The molecular formula is C25H32N2O4. The molecule has 31 heavy (non-hydrogen) atoms. The number of ether oxygens (including phenoxy) is 2. The molecule has 1 aliphatic heterocycles. The highest BCUT2D eigenvalue weighted by Crippen LogP contribution is 2.40. The summed E-state index contributed by atoms with van der Waals surface area (Å²) in [6.07, 6.45) is 1.59. The van der Waals surface area contributed by atoms with Crippen molar-refractivity contribution in [2.75, 3.05) is 33.4 Å². The van der Waals surface area contributed by atoms with Crippen LogP contribution in [0.5, 0.6) is 5.75 Å². The minimum atomic E-state index is -0.261. The third kappa shape index (κ3) is 5.44. The molecule has 3 rings (SSSR count).